The summed E-state index contributed by atoms with van der Waals surface area (Å²) in [7, 11) is 0. The molecule has 0 amide bonds. The largest absolute Gasteiger partial charge is 0.383 e. The second-order valence-corrected chi connectivity index (χ2v) is 4.58. The highest BCUT2D eigenvalue weighted by molar-refractivity contribution is 5.35. The van der Waals surface area contributed by atoms with Gasteiger partial charge in [0.15, 0.2) is 0 Å². The zero-order chi connectivity index (χ0) is 10.9. The predicted molar refractivity (Wildman–Crippen MR) is 59.9 cm³/mol. The maximum atomic E-state index is 10.5. The van der Waals surface area contributed by atoms with Gasteiger partial charge in [0.2, 0.25) is 0 Å². The van der Waals surface area contributed by atoms with Crippen molar-refractivity contribution in [1.82, 2.24) is 0 Å². The van der Waals surface area contributed by atoms with Crippen LogP contribution in [0.25, 0.3) is 0 Å². The molecule has 1 aromatic carbocycles. The Bertz CT molecular complexity index is 338. The van der Waals surface area contributed by atoms with E-state index >= 15 is 0 Å². The second-order valence-electron chi connectivity index (χ2n) is 4.58. The van der Waals surface area contributed by atoms with Crippen LogP contribution >= 0.6 is 0 Å². The molecule has 2 heteroatoms. The zero-order valence-corrected chi connectivity index (χ0v) is 9.36. The van der Waals surface area contributed by atoms with E-state index in [9.17, 15) is 5.11 Å². The molecule has 1 unspecified atom stereocenters. The van der Waals surface area contributed by atoms with Crippen molar-refractivity contribution in [3.63, 3.8) is 0 Å². The Hall–Kier alpha value is -0.860. The van der Waals surface area contributed by atoms with Crippen molar-refractivity contribution in [2.24, 2.45) is 0 Å². The van der Waals surface area contributed by atoms with Crippen LogP contribution in [0, 0.1) is 0 Å². The van der Waals surface area contributed by atoms with Crippen molar-refractivity contribution in [1.29, 1.82) is 0 Å². The summed E-state index contributed by atoms with van der Waals surface area (Å²) in [6.07, 6.45) is 0.705. The second kappa shape index (κ2) is 3.95. The molecule has 82 valence electrons. The molecule has 2 rings (SSSR count). The highest BCUT2D eigenvalue weighted by atomic mass is 16.5. The number of hydrogen-bond donors (Lipinski definition) is 1. The van der Waals surface area contributed by atoms with Gasteiger partial charge in [0.05, 0.1) is 6.61 Å². The molecule has 2 nitrogen and oxygen atoms in total. The molecule has 0 saturated carbocycles. The van der Waals surface area contributed by atoms with Crippen molar-refractivity contribution in [2.45, 2.75) is 31.8 Å². The first-order chi connectivity index (χ1) is 7.13. The van der Waals surface area contributed by atoms with E-state index in [2.05, 4.69) is 19.9 Å². The Morgan fingerprint density at radius 3 is 2.67 bits per heavy atom. The molecule has 0 bridgehead atoms. The summed E-state index contributed by atoms with van der Waals surface area (Å²) in [5.74, 6) is 0.436. The summed E-state index contributed by atoms with van der Waals surface area (Å²) < 4.78 is 5.30. The number of aliphatic hydroxyl groups is 1. The van der Waals surface area contributed by atoms with E-state index in [0.717, 1.165) is 5.56 Å². The fraction of sp³-hybridized carbons (Fsp3) is 0.538. The van der Waals surface area contributed by atoms with Crippen LogP contribution in [0.5, 0.6) is 0 Å². The first-order valence-electron chi connectivity index (χ1n) is 5.53. The molecule has 1 fully saturated rings. The molecular formula is C13H18O2. The standard InChI is InChI=1S/C13H18O2/c1-10(2)11-5-3-4-6-12(11)13(14)7-8-15-9-13/h3-6,10,14H,7-9H2,1-2H3. The van der Waals surface area contributed by atoms with Crippen LogP contribution in [-0.4, -0.2) is 18.3 Å². The first-order valence-corrected chi connectivity index (χ1v) is 5.53. The summed E-state index contributed by atoms with van der Waals surface area (Å²) in [6, 6.07) is 8.12. The predicted octanol–water partition coefficient (Wildman–Crippen LogP) is 2.42. The van der Waals surface area contributed by atoms with Crippen LogP contribution in [0.4, 0.5) is 0 Å². The topological polar surface area (TPSA) is 29.5 Å². The molecule has 1 aliphatic rings. The average molecular weight is 206 g/mol. The third-order valence-corrected chi connectivity index (χ3v) is 3.08. The van der Waals surface area contributed by atoms with Crippen molar-refractivity contribution < 1.29 is 9.84 Å². The van der Waals surface area contributed by atoms with Gasteiger partial charge in [-0.1, -0.05) is 38.1 Å². The van der Waals surface area contributed by atoms with E-state index in [1.807, 2.05) is 18.2 Å². The van der Waals surface area contributed by atoms with Crippen molar-refractivity contribution in [2.75, 3.05) is 13.2 Å². The molecule has 1 aliphatic heterocycles. The Labute approximate surface area is 90.9 Å². The molecule has 1 N–H and O–H groups in total. The van der Waals surface area contributed by atoms with Gasteiger partial charge in [-0.25, -0.2) is 0 Å². The molecule has 1 saturated heterocycles. The monoisotopic (exact) mass is 206 g/mol. The minimum atomic E-state index is -0.763. The average Bonchev–Trinajstić information content (AvgIpc) is 2.66. The lowest BCUT2D eigenvalue weighted by Crippen LogP contribution is -2.27. The van der Waals surface area contributed by atoms with Crippen LogP contribution in [-0.2, 0) is 10.3 Å². The van der Waals surface area contributed by atoms with Crippen LogP contribution in [0.15, 0.2) is 24.3 Å². The smallest absolute Gasteiger partial charge is 0.115 e. The SMILES string of the molecule is CC(C)c1ccccc1C1(O)CCOC1. The lowest BCUT2D eigenvalue weighted by atomic mass is 9.85. The van der Waals surface area contributed by atoms with E-state index in [1.54, 1.807) is 0 Å². The summed E-state index contributed by atoms with van der Waals surface area (Å²) in [6.45, 7) is 5.38. The van der Waals surface area contributed by atoms with Crippen molar-refractivity contribution in [3.05, 3.63) is 35.4 Å². The molecule has 1 heterocycles. The maximum Gasteiger partial charge on any atom is 0.115 e. The zero-order valence-electron chi connectivity index (χ0n) is 9.36. The molecule has 1 atom stereocenters. The van der Waals surface area contributed by atoms with E-state index < -0.39 is 5.60 Å². The number of hydrogen-bond acceptors (Lipinski definition) is 2. The summed E-state index contributed by atoms with van der Waals surface area (Å²) in [5, 5.41) is 10.5. The lowest BCUT2D eigenvalue weighted by molar-refractivity contribution is 0.0222. The molecule has 0 aliphatic carbocycles. The number of rotatable bonds is 2. The van der Waals surface area contributed by atoms with Gasteiger partial charge in [-0.15, -0.1) is 0 Å². The van der Waals surface area contributed by atoms with E-state index in [0.29, 0.717) is 25.6 Å². The summed E-state index contributed by atoms with van der Waals surface area (Å²) in [4.78, 5) is 0. The Balaban J connectivity index is 2.42. The Kier molecular flexibility index (Phi) is 2.81. The molecule has 15 heavy (non-hydrogen) atoms. The molecular weight excluding hydrogens is 188 g/mol. The van der Waals surface area contributed by atoms with Gasteiger partial charge in [-0.2, -0.15) is 0 Å². The van der Waals surface area contributed by atoms with Gasteiger partial charge >= 0.3 is 0 Å². The van der Waals surface area contributed by atoms with E-state index in [1.165, 1.54) is 5.56 Å². The first kappa shape index (κ1) is 10.7. The maximum absolute atomic E-state index is 10.5. The van der Waals surface area contributed by atoms with Crippen LogP contribution < -0.4 is 0 Å². The van der Waals surface area contributed by atoms with Crippen molar-refractivity contribution in [3.8, 4) is 0 Å². The van der Waals surface area contributed by atoms with Gasteiger partial charge < -0.3 is 9.84 Å². The Morgan fingerprint density at radius 2 is 2.07 bits per heavy atom. The highest BCUT2D eigenvalue weighted by Crippen LogP contribution is 2.35. The van der Waals surface area contributed by atoms with Crippen LogP contribution in [0.3, 0.4) is 0 Å². The summed E-state index contributed by atoms with van der Waals surface area (Å²) >= 11 is 0. The molecule has 0 radical (unpaired) electrons. The molecule has 0 spiro atoms. The van der Waals surface area contributed by atoms with Gasteiger partial charge in [-0.05, 0) is 17.0 Å². The van der Waals surface area contributed by atoms with E-state index in [-0.39, 0.29) is 0 Å². The van der Waals surface area contributed by atoms with Crippen molar-refractivity contribution >= 4 is 0 Å². The normalized spacial score (nSPS) is 26.1. The van der Waals surface area contributed by atoms with Crippen LogP contribution in [0.2, 0.25) is 0 Å². The fourth-order valence-electron chi connectivity index (χ4n) is 2.19. The number of benzene rings is 1. The van der Waals surface area contributed by atoms with Gasteiger partial charge in [0.1, 0.15) is 5.60 Å². The summed E-state index contributed by atoms with van der Waals surface area (Å²) in [5.41, 5.74) is 1.50. The molecule has 0 aromatic heterocycles. The van der Waals surface area contributed by atoms with Crippen LogP contribution in [0.1, 0.15) is 37.3 Å². The highest BCUT2D eigenvalue weighted by Gasteiger charge is 2.35. The van der Waals surface area contributed by atoms with E-state index in [4.69, 9.17) is 4.74 Å². The quantitative estimate of drug-likeness (QED) is 0.805. The minimum Gasteiger partial charge on any atom is -0.383 e. The van der Waals surface area contributed by atoms with Gasteiger partial charge in [-0.3, -0.25) is 0 Å². The van der Waals surface area contributed by atoms with Gasteiger partial charge in [0.25, 0.3) is 0 Å². The third kappa shape index (κ3) is 1.92. The molecule has 1 aromatic rings. The Morgan fingerprint density at radius 1 is 1.33 bits per heavy atom. The fourth-order valence-corrected chi connectivity index (χ4v) is 2.19. The minimum absolute atomic E-state index is 0.427. The number of ether oxygens (including phenoxy) is 1. The third-order valence-electron chi connectivity index (χ3n) is 3.08. The lowest BCUT2D eigenvalue weighted by Gasteiger charge is -2.25. The van der Waals surface area contributed by atoms with Gasteiger partial charge in [0, 0.05) is 13.0 Å².